The number of amides is 1. The first-order valence-electron chi connectivity index (χ1n) is 7.35. The number of furan rings is 1. The van der Waals surface area contributed by atoms with Crippen molar-refractivity contribution in [3.8, 4) is 0 Å². The predicted molar refractivity (Wildman–Crippen MR) is 75.5 cm³/mol. The largest absolute Gasteiger partial charge is 0.475 e. The minimum atomic E-state index is -1.17. The monoisotopic (exact) mass is 295 g/mol. The Balaban J connectivity index is 1.94. The first-order chi connectivity index (χ1) is 10.1. The van der Waals surface area contributed by atoms with Gasteiger partial charge in [0.25, 0.3) is 5.91 Å². The lowest BCUT2D eigenvalue weighted by atomic mass is 10.2. The third kappa shape index (κ3) is 4.07. The normalized spacial score (nSPS) is 19.3. The lowest BCUT2D eigenvalue weighted by molar-refractivity contribution is 0.0429. The molecule has 0 aliphatic carbocycles. The molecule has 21 heavy (non-hydrogen) atoms. The summed E-state index contributed by atoms with van der Waals surface area (Å²) < 4.78 is 10.8. The van der Waals surface area contributed by atoms with E-state index in [0.717, 1.165) is 32.3 Å². The van der Waals surface area contributed by atoms with Crippen molar-refractivity contribution in [2.75, 3.05) is 19.7 Å². The van der Waals surface area contributed by atoms with Crippen molar-refractivity contribution in [2.45, 2.75) is 38.7 Å². The summed E-state index contributed by atoms with van der Waals surface area (Å²) in [7, 11) is 0. The third-order valence-corrected chi connectivity index (χ3v) is 3.55. The lowest BCUT2D eigenvalue weighted by Crippen LogP contribution is -2.32. The van der Waals surface area contributed by atoms with Crippen LogP contribution in [-0.4, -0.2) is 47.7 Å². The predicted octanol–water partition coefficient (Wildman–Crippen LogP) is 2.40. The smallest absolute Gasteiger partial charge is 0.371 e. The zero-order valence-electron chi connectivity index (χ0n) is 12.2. The van der Waals surface area contributed by atoms with Crippen LogP contribution in [0.4, 0.5) is 0 Å². The first-order valence-corrected chi connectivity index (χ1v) is 7.35. The molecule has 0 aromatic carbocycles. The number of carbonyl (C=O) groups is 2. The summed E-state index contributed by atoms with van der Waals surface area (Å²) >= 11 is 0. The summed E-state index contributed by atoms with van der Waals surface area (Å²) in [5, 5.41) is 8.82. The lowest BCUT2D eigenvalue weighted by Gasteiger charge is -2.19. The molecule has 6 heteroatoms. The summed E-state index contributed by atoms with van der Waals surface area (Å²) in [6.07, 6.45) is 3.82. The van der Waals surface area contributed by atoms with Gasteiger partial charge in [-0.2, -0.15) is 0 Å². The molecule has 1 atom stereocenters. The molecule has 1 fully saturated rings. The molecule has 1 aliphatic rings. The summed E-state index contributed by atoms with van der Waals surface area (Å²) in [6, 6.07) is 2.72. The first kappa shape index (κ1) is 15.6. The van der Waals surface area contributed by atoms with Gasteiger partial charge in [-0.05, 0) is 37.8 Å². The topological polar surface area (TPSA) is 80.0 Å². The Morgan fingerprint density at radius 2 is 2.10 bits per heavy atom. The number of carbonyl (C=O) groups excluding carboxylic acids is 1. The van der Waals surface area contributed by atoms with Crippen LogP contribution < -0.4 is 0 Å². The van der Waals surface area contributed by atoms with E-state index in [9.17, 15) is 9.59 Å². The maximum atomic E-state index is 12.3. The van der Waals surface area contributed by atoms with E-state index in [4.69, 9.17) is 14.3 Å². The van der Waals surface area contributed by atoms with Crippen LogP contribution >= 0.6 is 0 Å². The molecule has 0 saturated carbocycles. The molecule has 1 aliphatic heterocycles. The zero-order chi connectivity index (χ0) is 15.2. The molecule has 0 radical (unpaired) electrons. The highest BCUT2D eigenvalue weighted by atomic mass is 16.5. The third-order valence-electron chi connectivity index (χ3n) is 3.55. The molecular formula is C15H21NO5. The molecule has 1 aromatic rings. The minimum Gasteiger partial charge on any atom is -0.475 e. The van der Waals surface area contributed by atoms with Crippen LogP contribution in [0.1, 0.15) is 53.7 Å². The van der Waals surface area contributed by atoms with Gasteiger partial charge in [-0.1, -0.05) is 6.92 Å². The summed E-state index contributed by atoms with van der Waals surface area (Å²) in [4.78, 5) is 24.8. The molecule has 2 heterocycles. The fourth-order valence-electron chi connectivity index (χ4n) is 2.44. The van der Waals surface area contributed by atoms with Gasteiger partial charge in [0.15, 0.2) is 5.76 Å². The fourth-order valence-corrected chi connectivity index (χ4v) is 2.44. The number of likely N-dealkylation sites (tertiary alicyclic amines) is 1. The van der Waals surface area contributed by atoms with Crippen molar-refractivity contribution in [2.24, 2.45) is 0 Å². The van der Waals surface area contributed by atoms with E-state index in [1.807, 2.05) is 0 Å². The van der Waals surface area contributed by atoms with Crippen LogP contribution in [0.3, 0.4) is 0 Å². The summed E-state index contributed by atoms with van der Waals surface area (Å²) in [5.41, 5.74) is 0. The standard InChI is InChI=1S/C15H21NO5/c1-2-10-20-11-4-3-8-16(9-7-11)14(17)12-5-6-13(21-12)15(18)19/h5-6,11H,2-4,7-10H2,1H3,(H,18,19). The highest BCUT2D eigenvalue weighted by Gasteiger charge is 2.24. The van der Waals surface area contributed by atoms with Gasteiger partial charge >= 0.3 is 5.97 Å². The van der Waals surface area contributed by atoms with Crippen molar-refractivity contribution in [3.63, 3.8) is 0 Å². The Labute approximate surface area is 123 Å². The molecule has 1 N–H and O–H groups in total. The van der Waals surface area contributed by atoms with Gasteiger partial charge in [-0.3, -0.25) is 4.79 Å². The Morgan fingerprint density at radius 3 is 2.76 bits per heavy atom. The number of carboxylic acid groups (broad SMARTS) is 1. The molecule has 1 unspecified atom stereocenters. The van der Waals surface area contributed by atoms with Crippen LogP contribution in [0.25, 0.3) is 0 Å². The van der Waals surface area contributed by atoms with E-state index < -0.39 is 5.97 Å². The van der Waals surface area contributed by atoms with Crippen molar-refractivity contribution < 1.29 is 23.8 Å². The number of nitrogens with zero attached hydrogens (tertiary/aromatic N) is 1. The second-order valence-electron chi connectivity index (χ2n) is 5.18. The number of rotatable bonds is 5. The molecular weight excluding hydrogens is 274 g/mol. The molecule has 2 rings (SSSR count). The zero-order valence-corrected chi connectivity index (χ0v) is 12.2. The van der Waals surface area contributed by atoms with Crippen molar-refractivity contribution >= 4 is 11.9 Å². The number of aromatic carboxylic acids is 1. The molecule has 6 nitrogen and oxygen atoms in total. The number of carboxylic acids is 1. The van der Waals surface area contributed by atoms with Crippen LogP contribution in [-0.2, 0) is 4.74 Å². The summed E-state index contributed by atoms with van der Waals surface area (Å²) in [6.45, 7) is 4.08. The van der Waals surface area contributed by atoms with Crippen molar-refractivity contribution in [1.29, 1.82) is 0 Å². The Hall–Kier alpha value is -1.82. The average Bonchev–Trinajstić information content (AvgIpc) is 2.85. The Morgan fingerprint density at radius 1 is 1.33 bits per heavy atom. The van der Waals surface area contributed by atoms with E-state index in [1.165, 1.54) is 12.1 Å². The van der Waals surface area contributed by atoms with Crippen molar-refractivity contribution in [3.05, 3.63) is 23.7 Å². The fraction of sp³-hybridized carbons (Fsp3) is 0.600. The van der Waals surface area contributed by atoms with Gasteiger partial charge in [-0.25, -0.2) is 4.79 Å². The maximum Gasteiger partial charge on any atom is 0.371 e. The van der Waals surface area contributed by atoms with E-state index in [-0.39, 0.29) is 23.5 Å². The van der Waals surface area contributed by atoms with E-state index in [1.54, 1.807) is 4.90 Å². The number of hydrogen-bond donors (Lipinski definition) is 1. The van der Waals surface area contributed by atoms with Gasteiger partial charge in [0, 0.05) is 19.7 Å². The van der Waals surface area contributed by atoms with Crippen LogP contribution in [0.5, 0.6) is 0 Å². The summed E-state index contributed by atoms with van der Waals surface area (Å²) in [5.74, 6) is -1.55. The molecule has 0 bridgehead atoms. The van der Waals surface area contributed by atoms with Gasteiger partial charge in [0.2, 0.25) is 5.76 Å². The second-order valence-corrected chi connectivity index (χ2v) is 5.18. The van der Waals surface area contributed by atoms with E-state index >= 15 is 0 Å². The van der Waals surface area contributed by atoms with Gasteiger partial charge in [-0.15, -0.1) is 0 Å². The number of hydrogen-bond acceptors (Lipinski definition) is 4. The maximum absolute atomic E-state index is 12.3. The quantitative estimate of drug-likeness (QED) is 0.902. The SMILES string of the molecule is CCCOC1CCCN(C(=O)c2ccc(C(=O)O)o2)CC1. The molecule has 1 amide bonds. The second kappa shape index (κ2) is 7.26. The van der Waals surface area contributed by atoms with Crippen LogP contribution in [0.15, 0.2) is 16.5 Å². The molecule has 1 saturated heterocycles. The van der Waals surface area contributed by atoms with Gasteiger partial charge in [0.05, 0.1) is 6.10 Å². The molecule has 116 valence electrons. The Kier molecular flexibility index (Phi) is 5.38. The minimum absolute atomic E-state index is 0.0836. The van der Waals surface area contributed by atoms with Gasteiger partial charge < -0.3 is 19.2 Å². The molecule has 0 spiro atoms. The molecule has 1 aromatic heterocycles. The average molecular weight is 295 g/mol. The van der Waals surface area contributed by atoms with Gasteiger partial charge in [0.1, 0.15) is 0 Å². The van der Waals surface area contributed by atoms with E-state index in [2.05, 4.69) is 6.92 Å². The van der Waals surface area contributed by atoms with Crippen molar-refractivity contribution in [1.82, 2.24) is 4.90 Å². The highest BCUT2D eigenvalue weighted by Crippen LogP contribution is 2.18. The van der Waals surface area contributed by atoms with Crippen LogP contribution in [0.2, 0.25) is 0 Å². The number of ether oxygens (including phenoxy) is 1. The highest BCUT2D eigenvalue weighted by molar-refractivity contribution is 5.93. The Bertz CT molecular complexity index is 496. The van der Waals surface area contributed by atoms with E-state index in [0.29, 0.717) is 13.1 Å². The van der Waals surface area contributed by atoms with Crippen LogP contribution in [0, 0.1) is 0 Å².